The summed E-state index contributed by atoms with van der Waals surface area (Å²) in [5.74, 6) is -0.196. The first-order chi connectivity index (χ1) is 10.2. The largest absolute Gasteiger partial charge is 0.361 e. The number of anilines is 1. The van der Waals surface area contributed by atoms with Crippen LogP contribution in [0.2, 0.25) is 0 Å². The van der Waals surface area contributed by atoms with Gasteiger partial charge in [0.05, 0.1) is 24.3 Å². The maximum atomic E-state index is 13.6. The van der Waals surface area contributed by atoms with Gasteiger partial charge in [-0.2, -0.15) is 0 Å². The molecular formula is C16H21FN4. The third kappa shape index (κ3) is 2.53. The summed E-state index contributed by atoms with van der Waals surface area (Å²) in [7, 11) is 0. The molecule has 1 atom stereocenters. The van der Waals surface area contributed by atoms with Gasteiger partial charge in [0.25, 0.3) is 0 Å². The van der Waals surface area contributed by atoms with Crippen LogP contribution < -0.4 is 10.6 Å². The molecule has 1 aliphatic rings. The van der Waals surface area contributed by atoms with E-state index in [4.69, 9.17) is 5.73 Å². The Morgan fingerprint density at radius 1 is 1.43 bits per heavy atom. The Bertz CT molecular complexity index is 622. The summed E-state index contributed by atoms with van der Waals surface area (Å²) >= 11 is 0. The highest BCUT2D eigenvalue weighted by atomic mass is 19.1. The Labute approximate surface area is 124 Å². The number of nitrogens with zero attached hydrogens (tertiary/aromatic N) is 3. The number of hydrogen-bond acceptors (Lipinski definition) is 3. The molecule has 21 heavy (non-hydrogen) atoms. The quantitative estimate of drug-likeness (QED) is 0.919. The van der Waals surface area contributed by atoms with Gasteiger partial charge in [-0.15, -0.1) is 0 Å². The molecule has 0 radical (unpaired) electrons. The maximum Gasteiger partial charge on any atom is 0.125 e. The maximum absolute atomic E-state index is 13.6. The topological polar surface area (TPSA) is 47.1 Å². The Balaban J connectivity index is 1.95. The average molecular weight is 288 g/mol. The summed E-state index contributed by atoms with van der Waals surface area (Å²) in [6.07, 6.45) is 5.72. The van der Waals surface area contributed by atoms with Crippen molar-refractivity contribution in [2.75, 3.05) is 18.0 Å². The van der Waals surface area contributed by atoms with Gasteiger partial charge in [-0.3, -0.25) is 0 Å². The second-order valence-electron chi connectivity index (χ2n) is 5.48. The molecule has 3 rings (SSSR count). The van der Waals surface area contributed by atoms with Gasteiger partial charge in [-0.1, -0.05) is 13.0 Å². The Hall–Kier alpha value is -1.88. The lowest BCUT2D eigenvalue weighted by Crippen LogP contribution is -2.34. The van der Waals surface area contributed by atoms with E-state index in [1.54, 1.807) is 6.07 Å². The molecule has 112 valence electrons. The molecule has 5 heteroatoms. The Morgan fingerprint density at radius 2 is 2.29 bits per heavy atom. The van der Waals surface area contributed by atoms with Crippen molar-refractivity contribution in [3.63, 3.8) is 0 Å². The van der Waals surface area contributed by atoms with Crippen LogP contribution >= 0.6 is 0 Å². The lowest BCUT2D eigenvalue weighted by molar-refractivity contribution is 0.564. The van der Waals surface area contributed by atoms with E-state index in [-0.39, 0.29) is 11.9 Å². The van der Waals surface area contributed by atoms with Gasteiger partial charge in [0.1, 0.15) is 5.82 Å². The smallest absolute Gasteiger partial charge is 0.125 e. The zero-order chi connectivity index (χ0) is 14.8. The molecule has 0 aliphatic carbocycles. The molecule has 2 aromatic rings. The van der Waals surface area contributed by atoms with E-state index in [2.05, 4.69) is 21.4 Å². The predicted octanol–water partition coefficient (Wildman–Crippen LogP) is 2.49. The second-order valence-corrected chi connectivity index (χ2v) is 5.48. The highest BCUT2D eigenvalue weighted by Gasteiger charge is 2.28. The summed E-state index contributed by atoms with van der Waals surface area (Å²) < 4.78 is 15.7. The number of nitrogens with two attached hydrogens (primary N) is 1. The molecular weight excluding hydrogens is 267 g/mol. The SMILES string of the molecule is CCCn1cncc1C(CN)N1CCc2ccc(F)cc21. The molecule has 0 bridgehead atoms. The van der Waals surface area contributed by atoms with Crippen molar-refractivity contribution in [2.24, 2.45) is 5.73 Å². The van der Waals surface area contributed by atoms with Crippen molar-refractivity contribution in [1.82, 2.24) is 9.55 Å². The molecule has 2 N–H and O–H groups in total. The van der Waals surface area contributed by atoms with Gasteiger partial charge in [0.15, 0.2) is 0 Å². The first kappa shape index (κ1) is 14.1. The van der Waals surface area contributed by atoms with Gasteiger partial charge in [0.2, 0.25) is 0 Å². The molecule has 0 saturated heterocycles. The third-order valence-corrected chi connectivity index (χ3v) is 4.13. The van der Waals surface area contributed by atoms with Crippen molar-refractivity contribution in [1.29, 1.82) is 0 Å². The number of aryl methyl sites for hydroxylation is 1. The number of fused-ring (bicyclic) bond motifs is 1. The van der Waals surface area contributed by atoms with Gasteiger partial charge >= 0.3 is 0 Å². The molecule has 0 amide bonds. The monoisotopic (exact) mass is 288 g/mol. The van der Waals surface area contributed by atoms with Crippen molar-refractivity contribution in [3.8, 4) is 0 Å². The zero-order valence-corrected chi connectivity index (χ0v) is 12.3. The highest BCUT2D eigenvalue weighted by molar-refractivity contribution is 5.59. The molecule has 0 fully saturated rings. The number of halogens is 1. The molecule has 1 aromatic heterocycles. The normalized spacial score (nSPS) is 15.3. The van der Waals surface area contributed by atoms with E-state index < -0.39 is 0 Å². The van der Waals surface area contributed by atoms with Crippen LogP contribution in [0.3, 0.4) is 0 Å². The zero-order valence-electron chi connectivity index (χ0n) is 12.3. The minimum atomic E-state index is -0.196. The lowest BCUT2D eigenvalue weighted by Gasteiger charge is -2.30. The fourth-order valence-electron chi connectivity index (χ4n) is 3.14. The predicted molar refractivity (Wildman–Crippen MR) is 81.8 cm³/mol. The van der Waals surface area contributed by atoms with Gasteiger partial charge < -0.3 is 15.2 Å². The van der Waals surface area contributed by atoms with E-state index in [0.717, 1.165) is 37.3 Å². The van der Waals surface area contributed by atoms with Gasteiger partial charge in [-0.25, -0.2) is 9.37 Å². The Kier molecular flexibility index (Phi) is 3.92. The molecule has 0 saturated carbocycles. The van der Waals surface area contributed by atoms with Crippen molar-refractivity contribution in [3.05, 3.63) is 47.8 Å². The van der Waals surface area contributed by atoms with Crippen LogP contribution in [-0.4, -0.2) is 22.6 Å². The van der Waals surface area contributed by atoms with E-state index in [0.29, 0.717) is 6.54 Å². The summed E-state index contributed by atoms with van der Waals surface area (Å²) in [4.78, 5) is 6.47. The average Bonchev–Trinajstić information content (AvgIpc) is 3.09. The van der Waals surface area contributed by atoms with Crippen LogP contribution in [-0.2, 0) is 13.0 Å². The number of imidazole rings is 1. The minimum Gasteiger partial charge on any atom is -0.361 e. The summed E-state index contributed by atoms with van der Waals surface area (Å²) in [5, 5.41) is 0. The van der Waals surface area contributed by atoms with Gasteiger partial charge in [-0.05, 0) is 30.5 Å². The van der Waals surface area contributed by atoms with E-state index in [9.17, 15) is 4.39 Å². The summed E-state index contributed by atoms with van der Waals surface area (Å²) in [6.45, 7) is 4.43. The number of hydrogen-bond donors (Lipinski definition) is 1. The van der Waals surface area contributed by atoms with Crippen molar-refractivity contribution >= 4 is 5.69 Å². The fraction of sp³-hybridized carbons (Fsp3) is 0.438. The lowest BCUT2D eigenvalue weighted by atomic mass is 10.1. The van der Waals surface area contributed by atoms with Crippen LogP contribution in [0.15, 0.2) is 30.7 Å². The molecule has 2 heterocycles. The molecule has 1 aliphatic heterocycles. The first-order valence-corrected chi connectivity index (χ1v) is 7.49. The Morgan fingerprint density at radius 3 is 3.05 bits per heavy atom. The van der Waals surface area contributed by atoms with Gasteiger partial charge in [0, 0.05) is 25.3 Å². The van der Waals surface area contributed by atoms with E-state index >= 15 is 0 Å². The molecule has 0 spiro atoms. The van der Waals surface area contributed by atoms with Crippen LogP contribution in [0.25, 0.3) is 0 Å². The fourth-order valence-corrected chi connectivity index (χ4v) is 3.14. The minimum absolute atomic E-state index is 0.0436. The standard InChI is InChI=1S/C16H21FN4/c1-2-6-20-11-19-10-16(20)15(9-18)21-7-5-12-3-4-13(17)8-14(12)21/h3-4,8,10-11,15H,2,5-7,9,18H2,1H3. The van der Waals surface area contributed by atoms with Crippen LogP contribution in [0.4, 0.5) is 10.1 Å². The molecule has 4 nitrogen and oxygen atoms in total. The molecule has 1 aromatic carbocycles. The summed E-state index contributed by atoms with van der Waals surface area (Å²) in [5.41, 5.74) is 9.29. The van der Waals surface area contributed by atoms with Crippen LogP contribution in [0, 0.1) is 5.82 Å². The highest BCUT2D eigenvalue weighted by Crippen LogP contribution is 2.35. The van der Waals surface area contributed by atoms with E-state index in [1.165, 1.54) is 11.6 Å². The first-order valence-electron chi connectivity index (χ1n) is 7.49. The second kappa shape index (κ2) is 5.85. The number of rotatable bonds is 5. The third-order valence-electron chi connectivity index (χ3n) is 4.13. The van der Waals surface area contributed by atoms with Crippen LogP contribution in [0.1, 0.15) is 30.6 Å². The molecule has 1 unspecified atom stereocenters. The van der Waals surface area contributed by atoms with Crippen LogP contribution in [0.5, 0.6) is 0 Å². The van der Waals surface area contributed by atoms with Crippen molar-refractivity contribution < 1.29 is 4.39 Å². The van der Waals surface area contributed by atoms with E-state index in [1.807, 2.05) is 18.6 Å². The van der Waals surface area contributed by atoms with Crippen molar-refractivity contribution in [2.45, 2.75) is 32.4 Å². The number of benzene rings is 1. The number of aromatic nitrogens is 2. The summed E-state index contributed by atoms with van der Waals surface area (Å²) in [6, 6.07) is 5.07.